The molecule has 0 saturated carbocycles. The summed E-state index contributed by atoms with van der Waals surface area (Å²) in [4.78, 5) is 11.7. The van der Waals surface area contributed by atoms with E-state index in [0.717, 1.165) is 10.8 Å². The highest BCUT2D eigenvalue weighted by Crippen LogP contribution is 2.32. The van der Waals surface area contributed by atoms with Crippen molar-refractivity contribution in [3.63, 3.8) is 0 Å². The molecule has 0 fully saturated rings. The fraction of sp³-hybridized carbons (Fsp3) is 0.214. The molecule has 2 aromatic carbocycles. The number of carbonyl (C=O) groups is 1. The lowest BCUT2D eigenvalue weighted by Crippen LogP contribution is -2.04. The van der Waals surface area contributed by atoms with E-state index in [-0.39, 0.29) is 0 Å². The molecular weight excluding hydrogens is 232 g/mol. The van der Waals surface area contributed by atoms with Crippen molar-refractivity contribution in [2.75, 3.05) is 21.3 Å². The average molecular weight is 246 g/mol. The Morgan fingerprint density at radius 1 is 1.00 bits per heavy atom. The van der Waals surface area contributed by atoms with Crippen molar-refractivity contribution >= 4 is 16.7 Å². The van der Waals surface area contributed by atoms with Gasteiger partial charge < -0.3 is 14.2 Å². The second kappa shape index (κ2) is 4.96. The van der Waals surface area contributed by atoms with E-state index in [0.29, 0.717) is 17.1 Å². The van der Waals surface area contributed by atoms with Crippen molar-refractivity contribution in [1.82, 2.24) is 0 Å². The summed E-state index contributed by atoms with van der Waals surface area (Å²) in [5.41, 5.74) is 0.386. The maximum atomic E-state index is 11.7. The van der Waals surface area contributed by atoms with Gasteiger partial charge in [0.2, 0.25) is 0 Å². The van der Waals surface area contributed by atoms with Crippen molar-refractivity contribution < 1.29 is 19.0 Å². The Morgan fingerprint density at radius 3 is 2.33 bits per heavy atom. The second-order valence-corrected chi connectivity index (χ2v) is 3.73. The molecule has 0 spiro atoms. The topological polar surface area (TPSA) is 44.8 Å². The van der Waals surface area contributed by atoms with Crippen LogP contribution in [0.15, 0.2) is 30.3 Å². The number of benzene rings is 2. The first-order chi connectivity index (χ1) is 8.71. The van der Waals surface area contributed by atoms with Crippen LogP contribution in [0, 0.1) is 0 Å². The molecule has 4 nitrogen and oxygen atoms in total. The van der Waals surface area contributed by atoms with Gasteiger partial charge in [0.05, 0.1) is 21.3 Å². The van der Waals surface area contributed by atoms with E-state index in [1.165, 1.54) is 14.2 Å². The van der Waals surface area contributed by atoms with Crippen molar-refractivity contribution in [2.24, 2.45) is 0 Å². The van der Waals surface area contributed by atoms with Crippen LogP contribution in [0.3, 0.4) is 0 Å². The first-order valence-corrected chi connectivity index (χ1v) is 5.44. The predicted molar refractivity (Wildman–Crippen MR) is 68.4 cm³/mol. The van der Waals surface area contributed by atoms with Crippen LogP contribution in [0.25, 0.3) is 10.8 Å². The van der Waals surface area contributed by atoms with Gasteiger partial charge in [-0.3, -0.25) is 0 Å². The molecule has 0 aromatic heterocycles. The van der Waals surface area contributed by atoms with E-state index in [1.54, 1.807) is 19.2 Å². The molecule has 0 aliphatic carbocycles. The molecule has 4 heteroatoms. The van der Waals surface area contributed by atoms with Crippen molar-refractivity contribution in [3.05, 3.63) is 35.9 Å². The molecule has 0 aliphatic rings. The maximum Gasteiger partial charge on any atom is 0.341 e. The number of ether oxygens (including phenoxy) is 3. The zero-order valence-corrected chi connectivity index (χ0v) is 10.5. The monoisotopic (exact) mass is 246 g/mol. The summed E-state index contributed by atoms with van der Waals surface area (Å²) in [7, 11) is 4.46. The Bertz CT molecular complexity index is 590. The maximum absolute atomic E-state index is 11.7. The van der Waals surface area contributed by atoms with Crippen LogP contribution < -0.4 is 9.47 Å². The molecule has 0 amide bonds. The van der Waals surface area contributed by atoms with Gasteiger partial charge in [-0.25, -0.2) is 4.79 Å². The lowest BCUT2D eigenvalue weighted by Gasteiger charge is -2.11. The number of fused-ring (bicyclic) bond motifs is 1. The SMILES string of the molecule is COC(=O)c1cc2c(OC)cccc2cc1OC. The van der Waals surface area contributed by atoms with Gasteiger partial charge in [-0.1, -0.05) is 12.1 Å². The Balaban J connectivity index is 2.73. The predicted octanol–water partition coefficient (Wildman–Crippen LogP) is 2.64. The molecule has 94 valence electrons. The Hall–Kier alpha value is -2.23. The normalized spacial score (nSPS) is 10.2. The Kier molecular flexibility index (Phi) is 3.37. The third-order valence-corrected chi connectivity index (χ3v) is 2.79. The molecule has 0 N–H and O–H groups in total. The van der Waals surface area contributed by atoms with E-state index in [9.17, 15) is 4.79 Å². The molecule has 0 bridgehead atoms. The quantitative estimate of drug-likeness (QED) is 0.781. The summed E-state index contributed by atoms with van der Waals surface area (Å²) in [5, 5.41) is 1.79. The van der Waals surface area contributed by atoms with E-state index >= 15 is 0 Å². The minimum absolute atomic E-state index is 0.386. The lowest BCUT2D eigenvalue weighted by atomic mass is 10.0. The average Bonchev–Trinajstić information content (AvgIpc) is 2.44. The number of hydrogen-bond acceptors (Lipinski definition) is 4. The van der Waals surface area contributed by atoms with Gasteiger partial charge in [0.1, 0.15) is 17.1 Å². The van der Waals surface area contributed by atoms with Gasteiger partial charge in [-0.15, -0.1) is 0 Å². The fourth-order valence-electron chi connectivity index (χ4n) is 1.89. The highest BCUT2D eigenvalue weighted by molar-refractivity contribution is 6.00. The number of carbonyl (C=O) groups excluding carboxylic acids is 1. The summed E-state index contributed by atoms with van der Waals surface area (Å²) in [6.45, 7) is 0. The lowest BCUT2D eigenvalue weighted by molar-refractivity contribution is 0.0597. The summed E-state index contributed by atoms with van der Waals surface area (Å²) < 4.78 is 15.2. The van der Waals surface area contributed by atoms with Crippen LogP contribution in [0.4, 0.5) is 0 Å². The zero-order chi connectivity index (χ0) is 13.1. The molecule has 0 saturated heterocycles. The molecule has 0 heterocycles. The first kappa shape index (κ1) is 12.2. The zero-order valence-electron chi connectivity index (χ0n) is 10.5. The molecule has 2 aromatic rings. The Morgan fingerprint density at radius 2 is 1.72 bits per heavy atom. The third-order valence-electron chi connectivity index (χ3n) is 2.79. The summed E-state index contributed by atoms with van der Waals surface area (Å²) in [6, 6.07) is 9.18. The van der Waals surface area contributed by atoms with Gasteiger partial charge in [-0.2, -0.15) is 0 Å². The van der Waals surface area contributed by atoms with Crippen LogP contribution in [0.2, 0.25) is 0 Å². The third kappa shape index (κ3) is 1.97. The molecular formula is C14H14O4. The fourth-order valence-corrected chi connectivity index (χ4v) is 1.89. The molecule has 0 radical (unpaired) electrons. The van der Waals surface area contributed by atoms with E-state index < -0.39 is 5.97 Å². The molecule has 2 rings (SSSR count). The van der Waals surface area contributed by atoms with Gasteiger partial charge in [0.25, 0.3) is 0 Å². The Labute approximate surface area is 105 Å². The van der Waals surface area contributed by atoms with Crippen LogP contribution in [0.5, 0.6) is 11.5 Å². The molecule has 0 aliphatic heterocycles. The second-order valence-electron chi connectivity index (χ2n) is 3.73. The van der Waals surface area contributed by atoms with E-state index in [4.69, 9.17) is 14.2 Å². The highest BCUT2D eigenvalue weighted by atomic mass is 16.5. The summed E-state index contributed by atoms with van der Waals surface area (Å²) in [5.74, 6) is 0.766. The van der Waals surface area contributed by atoms with Crippen molar-refractivity contribution in [2.45, 2.75) is 0 Å². The van der Waals surface area contributed by atoms with Crippen LogP contribution >= 0.6 is 0 Å². The molecule has 0 unspecified atom stereocenters. The smallest absolute Gasteiger partial charge is 0.341 e. The van der Waals surface area contributed by atoms with Gasteiger partial charge >= 0.3 is 5.97 Å². The first-order valence-electron chi connectivity index (χ1n) is 5.44. The van der Waals surface area contributed by atoms with Gasteiger partial charge in [-0.05, 0) is 23.6 Å². The number of hydrogen-bond donors (Lipinski definition) is 0. The van der Waals surface area contributed by atoms with Crippen LogP contribution in [-0.4, -0.2) is 27.3 Å². The van der Waals surface area contributed by atoms with E-state index in [2.05, 4.69) is 0 Å². The van der Waals surface area contributed by atoms with Gasteiger partial charge in [0, 0.05) is 5.39 Å². The molecule has 18 heavy (non-hydrogen) atoms. The number of esters is 1. The largest absolute Gasteiger partial charge is 0.496 e. The minimum atomic E-state index is -0.431. The summed E-state index contributed by atoms with van der Waals surface area (Å²) in [6.07, 6.45) is 0. The summed E-state index contributed by atoms with van der Waals surface area (Å²) >= 11 is 0. The van der Waals surface area contributed by atoms with Gasteiger partial charge in [0.15, 0.2) is 0 Å². The minimum Gasteiger partial charge on any atom is -0.496 e. The molecule has 0 atom stereocenters. The van der Waals surface area contributed by atoms with E-state index in [1.807, 2.05) is 18.2 Å². The van der Waals surface area contributed by atoms with Crippen LogP contribution in [-0.2, 0) is 4.74 Å². The highest BCUT2D eigenvalue weighted by Gasteiger charge is 2.15. The van der Waals surface area contributed by atoms with Crippen molar-refractivity contribution in [3.8, 4) is 11.5 Å². The number of methoxy groups -OCH3 is 3. The standard InChI is InChI=1S/C14H14O4/c1-16-12-6-4-5-9-7-13(17-2)11(8-10(9)12)14(15)18-3/h4-8H,1-3H3. The van der Waals surface area contributed by atoms with Crippen LogP contribution in [0.1, 0.15) is 10.4 Å². The van der Waals surface area contributed by atoms with Crippen molar-refractivity contribution in [1.29, 1.82) is 0 Å². The number of rotatable bonds is 3.